The first-order valence-electron chi connectivity index (χ1n) is 41.7. The van der Waals surface area contributed by atoms with Gasteiger partial charge in [0.05, 0.1) is 124 Å². The van der Waals surface area contributed by atoms with E-state index in [-0.39, 0.29) is 0 Å². The Kier molecular flexibility index (Phi) is 3.41. The lowest BCUT2D eigenvalue weighted by molar-refractivity contribution is 1.13. The van der Waals surface area contributed by atoms with Crippen molar-refractivity contribution in [1.82, 2.24) is 18.3 Å². The minimum absolute atomic E-state index is 0.460. The lowest BCUT2D eigenvalue weighted by Gasteiger charge is -2.24. The Morgan fingerprint density at radius 1 is 0.186 bits per heavy atom. The third-order valence-corrected chi connectivity index (χ3v) is 11.8. The molecule has 0 atom stereocenters. The summed E-state index contributed by atoms with van der Waals surface area (Å²) >= 11 is 0. The van der Waals surface area contributed by atoms with Gasteiger partial charge in [0.1, 0.15) is 0 Å². The van der Waals surface area contributed by atoms with Crippen molar-refractivity contribution in [3.05, 3.63) is 254 Å². The van der Waals surface area contributed by atoms with E-state index in [2.05, 4.69) is 0 Å². The van der Waals surface area contributed by atoms with Crippen LogP contribution < -0.4 is 0 Å². The molecule has 0 spiro atoms. The van der Waals surface area contributed by atoms with Crippen LogP contribution in [-0.2, 0) is 0 Å². The number of hydrogen-bond donors (Lipinski definition) is 0. The van der Waals surface area contributed by atoms with Gasteiger partial charge in [0.25, 0.3) is 0 Å². The van der Waals surface area contributed by atoms with E-state index in [1.807, 2.05) is 0 Å². The molecule has 0 aliphatic heterocycles. The summed E-state index contributed by atoms with van der Waals surface area (Å²) in [7, 11) is 0. The highest BCUT2D eigenvalue weighted by Gasteiger charge is 2.26. The second kappa shape index (κ2) is 15.1. The Balaban J connectivity index is 1.39. The van der Waals surface area contributed by atoms with Gasteiger partial charge in [-0.25, -0.2) is 0 Å². The zero-order valence-corrected chi connectivity index (χ0v) is 34.8. The molecule has 0 unspecified atom stereocenters. The molecule has 11 aromatic carbocycles. The van der Waals surface area contributed by atoms with E-state index in [1.165, 1.54) is 0 Å². The molecule has 15 rings (SSSR count). The van der Waals surface area contributed by atoms with Crippen molar-refractivity contribution in [3.63, 3.8) is 0 Å². The van der Waals surface area contributed by atoms with Crippen LogP contribution in [0, 0.1) is 0 Å². The first-order valence-corrected chi connectivity index (χ1v) is 20.7. The zero-order chi connectivity index (χ0) is 82.4. The Morgan fingerprint density at radius 3 is 0.614 bits per heavy atom. The quantitative estimate of drug-likeness (QED) is 0.158. The molecule has 4 nitrogen and oxygen atoms in total. The number of aromatic nitrogens is 4. The molecule has 0 aliphatic rings. The monoisotopic (exact) mass is 933 g/mol. The average molecular weight is 933 g/mol. The topological polar surface area (TPSA) is 19.7 Å². The van der Waals surface area contributed by atoms with Crippen LogP contribution >= 0.6 is 0 Å². The van der Waals surface area contributed by atoms with Gasteiger partial charge < -0.3 is 18.3 Å². The fraction of sp³-hybridized carbons (Fsp3) is 0. The molecule has 326 valence electrons. The van der Waals surface area contributed by atoms with Gasteiger partial charge >= 0.3 is 0 Å². The van der Waals surface area contributed by atoms with Crippen LogP contribution in [0.1, 0.15) is 57.6 Å². The molecule has 4 aromatic heterocycles. The molecule has 0 saturated heterocycles. The molecule has 0 amide bonds. The van der Waals surface area contributed by atoms with Crippen LogP contribution in [0.25, 0.3) is 132 Å². The SMILES string of the molecule is [2H]c1c([2H])c([2H])c(-n2c3c([2H])c([2H])c([2H])c([2H])c3c3c([2H])c([2H])c([2H])c([2H])c32)c(-c2c([2H])c(-n3c4c([2H])c([2H])c([2H])c([2H])c4c4c([2H])c([2H])c([2H])c([2H])c43)c(-c3c([2H])c([2H])c([2H])c([2H])c3-n3c4c([2H])c([2H])c([2H])c([2H])c4c4c([2H])c([2H])c([2H])c([2H])c43)c([2H])c2-n2c3c([2H])c([2H])c([2H])c([2H])c3c3c([2H])c([2H])c([2H])c([2H])c32)c1[2H]. The van der Waals surface area contributed by atoms with Crippen molar-refractivity contribution in [1.29, 1.82) is 0 Å². The minimum Gasteiger partial charge on any atom is -0.309 e. The molecular formula is C66H42N4. The van der Waals surface area contributed by atoms with Crippen molar-refractivity contribution in [2.24, 2.45) is 0 Å². The summed E-state index contributed by atoms with van der Waals surface area (Å²) in [6.45, 7) is 0. The Morgan fingerprint density at radius 2 is 0.371 bits per heavy atom. The number of nitrogens with zero attached hydrogens (tertiary/aromatic N) is 4. The van der Waals surface area contributed by atoms with Gasteiger partial charge in [-0.1, -0.05) is 181 Å². The fourth-order valence-electron chi connectivity index (χ4n) is 9.06. The van der Waals surface area contributed by atoms with Crippen molar-refractivity contribution >= 4 is 87.2 Å². The highest BCUT2D eigenvalue weighted by atomic mass is 15.0. The predicted octanol–water partition coefficient (Wildman–Crippen LogP) is 17.4. The van der Waals surface area contributed by atoms with Crippen LogP contribution in [0.3, 0.4) is 0 Å². The number of benzene rings is 11. The lowest BCUT2D eigenvalue weighted by Crippen LogP contribution is -2.06. The van der Waals surface area contributed by atoms with E-state index in [0.717, 1.165) is 0 Å². The third-order valence-electron chi connectivity index (χ3n) is 11.8. The summed E-state index contributed by atoms with van der Waals surface area (Å²) < 4.78 is 404. The summed E-state index contributed by atoms with van der Waals surface area (Å²) in [5, 5.41) is -6.58. The number of fused-ring (bicyclic) bond motifs is 12. The van der Waals surface area contributed by atoms with Crippen LogP contribution in [0.5, 0.6) is 0 Å². The van der Waals surface area contributed by atoms with E-state index in [4.69, 9.17) is 16.4 Å². The predicted molar refractivity (Wildman–Crippen MR) is 295 cm³/mol. The van der Waals surface area contributed by atoms with Crippen molar-refractivity contribution in [2.75, 3.05) is 0 Å². The van der Waals surface area contributed by atoms with Crippen LogP contribution in [0.4, 0.5) is 0 Å². The molecule has 0 fully saturated rings. The highest BCUT2D eigenvalue weighted by molar-refractivity contribution is 6.14. The van der Waals surface area contributed by atoms with Gasteiger partial charge in [-0.2, -0.15) is 0 Å². The molecule has 15 aromatic rings. The summed E-state index contributed by atoms with van der Waals surface area (Å²) in [6, 6.07) is -50.7. The van der Waals surface area contributed by atoms with Gasteiger partial charge in [-0.15, -0.1) is 0 Å². The van der Waals surface area contributed by atoms with Gasteiger partial charge in [-0.3, -0.25) is 0 Å². The molecule has 0 radical (unpaired) electrons. The Hall–Kier alpha value is -9.38. The lowest BCUT2D eigenvalue weighted by atomic mass is 9.93. The molecule has 0 aliphatic carbocycles. The number of para-hydroxylation sites is 10. The first-order chi connectivity index (χ1) is 52.2. The van der Waals surface area contributed by atoms with Crippen molar-refractivity contribution in [2.45, 2.75) is 0 Å². The maximum absolute atomic E-state index is 11.6. The second-order valence-corrected chi connectivity index (χ2v) is 15.3. The molecule has 4 heteroatoms. The third kappa shape index (κ3) is 5.47. The molecule has 4 heterocycles. The largest absolute Gasteiger partial charge is 0.309 e. The molecule has 70 heavy (non-hydrogen) atoms. The molecule has 0 saturated carbocycles. The smallest absolute Gasteiger partial charge is 0.0653 e. The fourth-order valence-corrected chi connectivity index (χ4v) is 9.06. The maximum Gasteiger partial charge on any atom is 0.0653 e. The van der Waals surface area contributed by atoms with E-state index in [1.54, 1.807) is 0 Å². The maximum atomic E-state index is 11.6. The van der Waals surface area contributed by atoms with Crippen LogP contribution in [-0.4, -0.2) is 18.3 Å². The standard InChI is InChI=1S/C66H42N4/c1-11-31-55-43(21-1)44-22-2-12-32-56(44)67(55)63-39-19-9-29-51(63)53-41-66(70-61-37-17-7-27-49(61)50-28-8-18-38-62(50)70)54(42-65(53)69-59-35-15-5-25-47(59)48-26-6-16-36-60(48)69)52-30-10-20-40-64(52)68-57-33-13-3-23-45(57)46-24-4-14-34-58(46)68/h1-42H/i1D,2D,3D,4D,5D,6D,7D,8D,9D,10D,11D,12D,13D,14D,15D,16D,17D,18D,19D,20D,21D,22D,23D,24D,25D,26D,27D,28D,29D,30D,31D,32D,33D,34D,35D,36D,37D,38D,39D,40D,41D,42D. The average Bonchev–Trinajstić information content (AvgIpc) is 1.39. The van der Waals surface area contributed by atoms with Crippen LogP contribution in [0.15, 0.2) is 254 Å². The van der Waals surface area contributed by atoms with Crippen molar-refractivity contribution < 1.29 is 57.6 Å². The van der Waals surface area contributed by atoms with E-state index < -0.39 is 386 Å². The summed E-state index contributed by atoms with van der Waals surface area (Å²) in [5.41, 5.74) is -18.8. The van der Waals surface area contributed by atoms with Crippen molar-refractivity contribution in [3.8, 4) is 45.0 Å². The van der Waals surface area contributed by atoms with E-state index >= 15 is 0 Å². The normalized spacial score (nSPS) is 20.4. The highest BCUT2D eigenvalue weighted by Crippen LogP contribution is 2.47. The first kappa shape index (κ1) is 15.8. The van der Waals surface area contributed by atoms with Gasteiger partial charge in [0, 0.05) is 65.3 Å². The number of hydrogen-bond acceptors (Lipinski definition) is 0. The van der Waals surface area contributed by atoms with Gasteiger partial charge in [0.2, 0.25) is 0 Å². The molecular weight excluding hydrogens is 849 g/mol. The Labute approximate surface area is 462 Å². The Bertz CT molecular complexity index is 6410. The van der Waals surface area contributed by atoms with Crippen LogP contribution in [0.2, 0.25) is 0 Å². The van der Waals surface area contributed by atoms with Gasteiger partial charge in [-0.05, 0) is 72.5 Å². The summed E-state index contributed by atoms with van der Waals surface area (Å²) in [5.74, 6) is 0. The van der Waals surface area contributed by atoms with E-state index in [0.29, 0.717) is 18.3 Å². The van der Waals surface area contributed by atoms with E-state index in [9.17, 15) is 41.1 Å². The summed E-state index contributed by atoms with van der Waals surface area (Å²) in [4.78, 5) is 0. The summed E-state index contributed by atoms with van der Waals surface area (Å²) in [6.07, 6.45) is 0. The molecule has 0 N–H and O–H groups in total. The zero-order valence-electron chi connectivity index (χ0n) is 76.8. The molecule has 0 bridgehead atoms. The second-order valence-electron chi connectivity index (χ2n) is 15.3. The number of rotatable bonds is 6. The van der Waals surface area contributed by atoms with Gasteiger partial charge in [0.15, 0.2) is 0 Å². The minimum atomic E-state index is -1.64.